The summed E-state index contributed by atoms with van der Waals surface area (Å²) < 4.78 is 12.4. The van der Waals surface area contributed by atoms with Gasteiger partial charge < -0.3 is 19.1 Å². The first-order valence-corrected chi connectivity index (χ1v) is 6.45. The molecule has 0 saturated heterocycles. The second-order valence-corrected chi connectivity index (χ2v) is 4.59. The molecule has 0 spiro atoms. The van der Waals surface area contributed by atoms with Gasteiger partial charge in [0.2, 0.25) is 5.76 Å². The zero-order valence-corrected chi connectivity index (χ0v) is 11.3. The number of fused-ring (bicyclic) bond motifs is 3. The fraction of sp³-hybridized carbons (Fsp3) is 0.267. The molecule has 0 saturated carbocycles. The van der Waals surface area contributed by atoms with Crippen molar-refractivity contribution in [2.45, 2.75) is 13.0 Å². The van der Waals surface area contributed by atoms with Crippen LogP contribution < -0.4 is 4.74 Å². The number of aryl methyl sites for hydroxylation is 1. The van der Waals surface area contributed by atoms with Crippen LogP contribution in [0.3, 0.4) is 0 Å². The lowest BCUT2D eigenvalue weighted by atomic mass is 10.1. The minimum atomic E-state index is -0.893. The molecule has 1 atom stereocenters. The van der Waals surface area contributed by atoms with E-state index in [2.05, 4.69) is 0 Å². The first-order valence-electron chi connectivity index (χ1n) is 6.45. The average molecular weight is 273 g/mol. The summed E-state index contributed by atoms with van der Waals surface area (Å²) >= 11 is 0. The molecule has 20 heavy (non-hydrogen) atoms. The summed E-state index contributed by atoms with van der Waals surface area (Å²) in [6, 6.07) is 7.64. The largest absolute Gasteiger partial charge is 0.460 e. The van der Waals surface area contributed by atoms with Crippen LogP contribution in [0, 0.1) is 0 Å². The number of aliphatic hydroxyl groups excluding tert-OH is 1. The Balaban J connectivity index is 2.11. The Kier molecular flexibility index (Phi) is 2.99. The number of aromatic nitrogens is 1. The van der Waals surface area contributed by atoms with E-state index in [1.165, 1.54) is 6.08 Å². The minimum Gasteiger partial charge on any atom is -0.460 e. The molecule has 0 aliphatic carbocycles. The van der Waals surface area contributed by atoms with Crippen LogP contribution in [0.2, 0.25) is 0 Å². The molecule has 1 aliphatic heterocycles. The van der Waals surface area contributed by atoms with Gasteiger partial charge in [0, 0.05) is 18.5 Å². The van der Waals surface area contributed by atoms with Gasteiger partial charge in [0.1, 0.15) is 6.10 Å². The van der Waals surface area contributed by atoms with E-state index in [9.17, 15) is 9.90 Å². The van der Waals surface area contributed by atoms with Gasteiger partial charge in [-0.25, -0.2) is 4.79 Å². The number of carbonyl (C=O) groups excluding carboxylic acids is 1. The quantitative estimate of drug-likeness (QED) is 0.851. The number of aliphatic hydroxyl groups is 1. The molecule has 0 amide bonds. The van der Waals surface area contributed by atoms with Gasteiger partial charge in [-0.2, -0.15) is 0 Å². The van der Waals surface area contributed by atoms with Crippen LogP contribution in [-0.4, -0.2) is 22.2 Å². The van der Waals surface area contributed by atoms with Gasteiger partial charge in [0.25, 0.3) is 0 Å². The predicted molar refractivity (Wildman–Crippen MR) is 73.2 cm³/mol. The Morgan fingerprint density at radius 2 is 2.20 bits per heavy atom. The summed E-state index contributed by atoms with van der Waals surface area (Å²) in [4.78, 5) is 11.8. The predicted octanol–water partition coefficient (Wildman–Crippen LogP) is 2.05. The molecule has 1 unspecified atom stereocenters. The molecule has 5 heteroatoms. The van der Waals surface area contributed by atoms with Crippen LogP contribution in [0.15, 0.2) is 36.1 Å². The summed E-state index contributed by atoms with van der Waals surface area (Å²) in [6.45, 7) is 1.99. The highest BCUT2D eigenvalue weighted by Gasteiger charge is 2.30. The number of hydrogen-bond acceptors (Lipinski definition) is 4. The fourth-order valence-electron chi connectivity index (χ4n) is 2.50. The Hall–Kier alpha value is -2.27. The number of para-hydroxylation sites is 1. The zero-order chi connectivity index (χ0) is 14.3. The molecule has 2 heterocycles. The van der Waals surface area contributed by atoms with Crippen LogP contribution in [0.5, 0.6) is 5.75 Å². The molecular weight excluding hydrogens is 258 g/mol. The van der Waals surface area contributed by atoms with Crippen molar-refractivity contribution in [3.05, 3.63) is 41.8 Å². The summed E-state index contributed by atoms with van der Waals surface area (Å²) in [5.74, 6) is -0.0190. The van der Waals surface area contributed by atoms with E-state index in [1.807, 2.05) is 35.9 Å². The molecule has 0 bridgehead atoms. The fourth-order valence-corrected chi connectivity index (χ4v) is 2.50. The van der Waals surface area contributed by atoms with Gasteiger partial charge in [-0.05, 0) is 19.1 Å². The molecule has 5 nitrogen and oxygen atoms in total. The van der Waals surface area contributed by atoms with Crippen LogP contribution in [0.1, 0.15) is 18.7 Å². The Morgan fingerprint density at radius 1 is 1.45 bits per heavy atom. The summed E-state index contributed by atoms with van der Waals surface area (Å²) in [6.07, 6.45) is 0.481. The first kappa shape index (κ1) is 12.7. The van der Waals surface area contributed by atoms with Crippen molar-refractivity contribution in [1.29, 1.82) is 0 Å². The molecule has 1 aromatic heterocycles. The maximum atomic E-state index is 11.8. The number of carbonyl (C=O) groups is 1. The number of nitrogens with zero attached hydrogens (tertiary/aromatic N) is 1. The lowest BCUT2D eigenvalue weighted by Gasteiger charge is -2.19. The standard InChI is InChI=1S/C15H15NO4/c1-3-19-15(18)12-8-11(17)13-14(20-12)9-6-4-5-7-10(9)16(13)2/h4-8,11,17H,3H2,1-2H3. The molecule has 3 rings (SSSR count). The van der Waals surface area contributed by atoms with Gasteiger partial charge in [0.05, 0.1) is 17.8 Å². The number of ether oxygens (including phenoxy) is 2. The van der Waals surface area contributed by atoms with Crippen molar-refractivity contribution in [2.24, 2.45) is 7.05 Å². The molecular formula is C15H15NO4. The zero-order valence-electron chi connectivity index (χ0n) is 11.3. The van der Waals surface area contributed by atoms with Crippen molar-refractivity contribution in [2.75, 3.05) is 6.61 Å². The molecule has 0 fully saturated rings. The van der Waals surface area contributed by atoms with E-state index in [4.69, 9.17) is 9.47 Å². The van der Waals surface area contributed by atoms with Gasteiger partial charge in [-0.1, -0.05) is 12.1 Å². The maximum absolute atomic E-state index is 11.8. The third-order valence-electron chi connectivity index (χ3n) is 3.38. The van der Waals surface area contributed by atoms with E-state index >= 15 is 0 Å². The molecule has 1 aliphatic rings. The number of rotatable bonds is 2. The first-order chi connectivity index (χ1) is 9.63. The summed E-state index contributed by atoms with van der Waals surface area (Å²) in [7, 11) is 1.86. The Bertz CT molecular complexity index is 714. The van der Waals surface area contributed by atoms with Crippen LogP contribution in [0.4, 0.5) is 0 Å². The van der Waals surface area contributed by atoms with Crippen LogP contribution in [-0.2, 0) is 16.6 Å². The minimum absolute atomic E-state index is 0.0307. The van der Waals surface area contributed by atoms with Crippen molar-refractivity contribution < 1.29 is 19.4 Å². The summed E-state index contributed by atoms with van der Waals surface area (Å²) in [5, 5.41) is 11.1. The smallest absolute Gasteiger partial charge is 0.374 e. The third kappa shape index (κ3) is 1.78. The highest BCUT2D eigenvalue weighted by atomic mass is 16.6. The van der Waals surface area contributed by atoms with Crippen molar-refractivity contribution in [3.8, 4) is 5.75 Å². The van der Waals surface area contributed by atoms with Gasteiger partial charge in [0.15, 0.2) is 5.75 Å². The molecule has 104 valence electrons. The van der Waals surface area contributed by atoms with E-state index in [1.54, 1.807) is 6.92 Å². The number of hydrogen-bond donors (Lipinski definition) is 1. The van der Waals surface area contributed by atoms with Crippen molar-refractivity contribution in [1.82, 2.24) is 4.57 Å². The molecule has 2 aromatic rings. The SMILES string of the molecule is CCOC(=O)C1=CC(O)c2c(c3ccccc3n2C)O1. The van der Waals surface area contributed by atoms with E-state index in [-0.39, 0.29) is 12.4 Å². The summed E-state index contributed by atoms with van der Waals surface area (Å²) in [5.41, 5.74) is 1.58. The average Bonchev–Trinajstić information content (AvgIpc) is 2.74. The van der Waals surface area contributed by atoms with E-state index in [0.29, 0.717) is 11.4 Å². The maximum Gasteiger partial charge on any atom is 0.374 e. The molecule has 1 aromatic carbocycles. The molecule has 1 N–H and O–H groups in total. The normalized spacial score (nSPS) is 17.4. The second kappa shape index (κ2) is 4.68. The Morgan fingerprint density at radius 3 is 2.95 bits per heavy atom. The van der Waals surface area contributed by atoms with Crippen molar-refractivity contribution in [3.63, 3.8) is 0 Å². The topological polar surface area (TPSA) is 60.7 Å². The monoisotopic (exact) mass is 273 g/mol. The second-order valence-electron chi connectivity index (χ2n) is 4.59. The lowest BCUT2D eigenvalue weighted by molar-refractivity contribution is -0.141. The molecule has 0 radical (unpaired) electrons. The van der Waals surface area contributed by atoms with E-state index < -0.39 is 12.1 Å². The van der Waals surface area contributed by atoms with Crippen molar-refractivity contribution >= 4 is 16.9 Å². The van der Waals surface area contributed by atoms with Gasteiger partial charge in [-0.15, -0.1) is 0 Å². The number of benzene rings is 1. The number of esters is 1. The lowest BCUT2D eigenvalue weighted by Crippen LogP contribution is -2.19. The third-order valence-corrected chi connectivity index (χ3v) is 3.38. The van der Waals surface area contributed by atoms with Gasteiger partial charge in [-0.3, -0.25) is 0 Å². The van der Waals surface area contributed by atoms with Crippen LogP contribution in [0.25, 0.3) is 10.9 Å². The highest BCUT2D eigenvalue weighted by Crippen LogP contribution is 2.40. The van der Waals surface area contributed by atoms with Crippen LogP contribution >= 0.6 is 0 Å². The van der Waals surface area contributed by atoms with Gasteiger partial charge >= 0.3 is 5.97 Å². The Labute approximate surface area is 116 Å². The highest BCUT2D eigenvalue weighted by molar-refractivity contribution is 5.93. The van der Waals surface area contributed by atoms with E-state index in [0.717, 1.165) is 10.9 Å².